The molecule has 0 heterocycles. The second kappa shape index (κ2) is 7.80. The first-order valence-corrected chi connectivity index (χ1v) is 6.88. The fourth-order valence-corrected chi connectivity index (χ4v) is 2.50. The van der Waals surface area contributed by atoms with Gasteiger partial charge in [-0.05, 0) is 12.1 Å². The van der Waals surface area contributed by atoms with E-state index in [9.17, 15) is 9.59 Å². The third-order valence-corrected chi connectivity index (χ3v) is 3.47. The number of hydrogen-bond donors (Lipinski definition) is 2. The normalized spacial score (nSPS) is 10.4. The lowest BCUT2D eigenvalue weighted by atomic mass is 10.2. The van der Waals surface area contributed by atoms with Crippen molar-refractivity contribution in [2.45, 2.75) is 4.90 Å². The highest BCUT2D eigenvalue weighted by Gasteiger charge is 2.06. The van der Waals surface area contributed by atoms with Crippen LogP contribution in [0.2, 0.25) is 0 Å². The molecule has 0 aliphatic rings. The maximum absolute atomic E-state index is 11.1. The summed E-state index contributed by atoms with van der Waals surface area (Å²) in [6, 6.07) is 4.74. The summed E-state index contributed by atoms with van der Waals surface area (Å²) in [6.07, 6.45) is 1.46. The van der Waals surface area contributed by atoms with Gasteiger partial charge in [0.15, 0.2) is 0 Å². The van der Waals surface area contributed by atoms with Crippen LogP contribution in [0.15, 0.2) is 32.7 Å². The molecule has 1 aromatic rings. The van der Waals surface area contributed by atoms with Crippen molar-refractivity contribution in [2.24, 2.45) is 10.8 Å². The second-order valence-corrected chi connectivity index (χ2v) is 5.21. The van der Waals surface area contributed by atoms with Crippen molar-refractivity contribution in [3.8, 4) is 0 Å². The lowest BCUT2D eigenvalue weighted by molar-refractivity contribution is -0.137. The Balaban J connectivity index is 2.82. The number of hydrazone groups is 1. The molecule has 0 spiro atoms. The molecule has 2 amide bonds. The number of nitrogens with two attached hydrogens (primary N) is 1. The molecule has 3 N–H and O–H groups in total. The summed E-state index contributed by atoms with van der Waals surface area (Å²) >= 11 is 4.66. The topological polar surface area (TPSA) is 93.8 Å². The second-order valence-electron chi connectivity index (χ2n) is 3.28. The monoisotopic (exact) mass is 345 g/mol. The van der Waals surface area contributed by atoms with Crippen molar-refractivity contribution in [3.63, 3.8) is 0 Å². The van der Waals surface area contributed by atoms with Gasteiger partial charge in [-0.1, -0.05) is 22.0 Å². The Kier molecular flexibility index (Phi) is 6.37. The first-order chi connectivity index (χ1) is 9.02. The highest BCUT2D eigenvalue weighted by molar-refractivity contribution is 9.10. The van der Waals surface area contributed by atoms with Crippen LogP contribution in [0.4, 0.5) is 4.79 Å². The van der Waals surface area contributed by atoms with Crippen LogP contribution in [0.25, 0.3) is 0 Å². The Labute approximate surface area is 122 Å². The van der Waals surface area contributed by atoms with E-state index in [2.05, 4.69) is 31.2 Å². The molecule has 0 atom stereocenters. The number of hydrogen-bond acceptors (Lipinski definition) is 5. The highest BCUT2D eigenvalue weighted by atomic mass is 79.9. The van der Waals surface area contributed by atoms with Gasteiger partial charge < -0.3 is 10.5 Å². The lowest BCUT2D eigenvalue weighted by Gasteiger charge is -2.05. The minimum absolute atomic E-state index is 0.192. The SMILES string of the molecule is COC(=O)CSc1cc(Br)ccc1C=NNC(N)=O. The van der Waals surface area contributed by atoms with Gasteiger partial charge in [0.05, 0.1) is 19.1 Å². The third kappa shape index (κ3) is 5.75. The predicted molar refractivity (Wildman–Crippen MR) is 77.2 cm³/mol. The first kappa shape index (κ1) is 15.5. The Hall–Kier alpha value is -1.54. The largest absolute Gasteiger partial charge is 0.468 e. The number of urea groups is 1. The number of benzene rings is 1. The predicted octanol–water partition coefficient (Wildman–Crippen LogP) is 1.72. The number of nitrogens with zero attached hydrogens (tertiary/aromatic N) is 1. The van der Waals surface area contributed by atoms with Crippen LogP contribution in [0.5, 0.6) is 0 Å². The molecule has 1 aromatic carbocycles. The summed E-state index contributed by atoms with van der Waals surface area (Å²) in [5.74, 6) is -0.125. The Morgan fingerprint density at radius 3 is 2.95 bits per heavy atom. The van der Waals surface area contributed by atoms with Gasteiger partial charge in [-0.3, -0.25) is 4.79 Å². The molecule has 0 bridgehead atoms. The zero-order chi connectivity index (χ0) is 14.3. The van der Waals surface area contributed by atoms with Gasteiger partial charge in [0.1, 0.15) is 0 Å². The van der Waals surface area contributed by atoms with Crippen LogP contribution in [0, 0.1) is 0 Å². The Morgan fingerprint density at radius 1 is 1.58 bits per heavy atom. The van der Waals surface area contributed by atoms with Gasteiger partial charge in [-0.2, -0.15) is 5.10 Å². The zero-order valence-electron chi connectivity index (χ0n) is 10.1. The molecule has 8 heteroatoms. The molecule has 0 aromatic heterocycles. The van der Waals surface area contributed by atoms with Crippen LogP contribution in [0.3, 0.4) is 0 Å². The summed E-state index contributed by atoms with van der Waals surface area (Å²) in [6.45, 7) is 0. The number of carbonyl (C=O) groups excluding carboxylic acids is 2. The molecular formula is C11H12BrN3O3S. The van der Waals surface area contributed by atoms with E-state index < -0.39 is 6.03 Å². The van der Waals surface area contributed by atoms with E-state index in [1.165, 1.54) is 25.1 Å². The van der Waals surface area contributed by atoms with Gasteiger partial charge in [-0.15, -0.1) is 11.8 Å². The van der Waals surface area contributed by atoms with E-state index in [1.54, 1.807) is 6.07 Å². The number of thioether (sulfide) groups is 1. The van der Waals surface area contributed by atoms with Crippen LogP contribution in [0.1, 0.15) is 5.56 Å². The van der Waals surface area contributed by atoms with Crippen molar-refractivity contribution >= 4 is 45.9 Å². The number of amides is 2. The summed E-state index contributed by atoms with van der Waals surface area (Å²) < 4.78 is 5.45. The van der Waals surface area contributed by atoms with Gasteiger partial charge in [0, 0.05) is 14.9 Å². The number of carbonyl (C=O) groups is 2. The summed E-state index contributed by atoms with van der Waals surface area (Å²) in [5, 5.41) is 3.68. The Morgan fingerprint density at radius 2 is 2.32 bits per heavy atom. The number of halogens is 1. The summed E-state index contributed by atoms with van der Waals surface area (Å²) in [7, 11) is 1.34. The number of esters is 1. The number of nitrogens with one attached hydrogen (secondary N) is 1. The van der Waals surface area contributed by atoms with Crippen molar-refractivity contribution < 1.29 is 14.3 Å². The van der Waals surface area contributed by atoms with E-state index in [0.717, 1.165) is 14.9 Å². The molecule has 1 rings (SSSR count). The minimum Gasteiger partial charge on any atom is -0.468 e. The summed E-state index contributed by atoms with van der Waals surface area (Å²) in [4.78, 5) is 22.5. The fraction of sp³-hybridized carbons (Fsp3) is 0.182. The fourth-order valence-electron chi connectivity index (χ4n) is 1.10. The smallest absolute Gasteiger partial charge is 0.332 e. The lowest BCUT2D eigenvalue weighted by Crippen LogP contribution is -2.24. The highest BCUT2D eigenvalue weighted by Crippen LogP contribution is 2.25. The molecular weight excluding hydrogens is 334 g/mol. The third-order valence-electron chi connectivity index (χ3n) is 1.93. The van der Waals surface area contributed by atoms with E-state index in [0.29, 0.717) is 0 Å². The van der Waals surface area contributed by atoms with Crippen LogP contribution < -0.4 is 11.2 Å². The van der Waals surface area contributed by atoms with Gasteiger partial charge in [0.25, 0.3) is 0 Å². The number of primary amides is 1. The molecule has 0 radical (unpaired) electrons. The number of rotatable bonds is 5. The number of ether oxygens (including phenoxy) is 1. The van der Waals surface area contributed by atoms with Crippen LogP contribution in [-0.4, -0.2) is 31.1 Å². The Bertz CT molecular complexity index is 508. The molecule has 0 fully saturated rings. The molecule has 0 saturated carbocycles. The zero-order valence-corrected chi connectivity index (χ0v) is 12.5. The van der Waals surface area contributed by atoms with Crippen LogP contribution >= 0.6 is 27.7 Å². The minimum atomic E-state index is -0.739. The van der Waals surface area contributed by atoms with Crippen LogP contribution in [-0.2, 0) is 9.53 Å². The van der Waals surface area contributed by atoms with Gasteiger partial charge in [-0.25, -0.2) is 10.2 Å². The molecule has 0 aliphatic carbocycles. The van der Waals surface area contributed by atoms with E-state index >= 15 is 0 Å². The molecule has 0 aliphatic heterocycles. The molecule has 0 unspecified atom stereocenters. The average Bonchev–Trinajstić information content (AvgIpc) is 2.37. The average molecular weight is 346 g/mol. The molecule has 19 heavy (non-hydrogen) atoms. The summed E-state index contributed by atoms with van der Waals surface area (Å²) in [5.41, 5.74) is 7.76. The van der Waals surface area contributed by atoms with Gasteiger partial charge in [0.2, 0.25) is 0 Å². The van der Waals surface area contributed by atoms with E-state index in [4.69, 9.17) is 5.73 Å². The maximum atomic E-state index is 11.1. The number of methoxy groups -OCH3 is 1. The molecule has 0 saturated heterocycles. The first-order valence-electron chi connectivity index (χ1n) is 5.10. The van der Waals surface area contributed by atoms with Crippen molar-refractivity contribution in [3.05, 3.63) is 28.2 Å². The maximum Gasteiger partial charge on any atom is 0.332 e. The van der Waals surface area contributed by atoms with E-state index in [-0.39, 0.29) is 11.7 Å². The molecule has 102 valence electrons. The van der Waals surface area contributed by atoms with Crippen molar-refractivity contribution in [1.82, 2.24) is 5.43 Å². The van der Waals surface area contributed by atoms with Gasteiger partial charge >= 0.3 is 12.0 Å². The quantitative estimate of drug-likeness (QED) is 0.367. The standard InChI is InChI=1S/C11H12BrN3O3S/c1-18-10(16)6-19-9-4-8(12)3-2-7(9)5-14-15-11(13)17/h2-5H,6H2,1H3,(H3,13,15,17). The van der Waals surface area contributed by atoms with Crippen molar-refractivity contribution in [1.29, 1.82) is 0 Å². The van der Waals surface area contributed by atoms with E-state index in [1.807, 2.05) is 12.1 Å². The van der Waals surface area contributed by atoms with Crippen molar-refractivity contribution in [2.75, 3.05) is 12.9 Å². The molecule has 6 nitrogen and oxygen atoms in total.